The van der Waals surface area contributed by atoms with Crippen LogP contribution in [0.3, 0.4) is 0 Å². The molecule has 0 aromatic rings. The number of carbonyl (C=O) groups excluding carboxylic acids is 1. The molecule has 1 fully saturated rings. The second-order valence-corrected chi connectivity index (χ2v) is 3.07. The maximum Gasteiger partial charge on any atom is 0.223 e. The zero-order chi connectivity index (χ0) is 8.97. The van der Waals surface area contributed by atoms with E-state index in [0.29, 0.717) is 19.6 Å². The first-order chi connectivity index (χ1) is 5.74. The Morgan fingerprint density at radius 1 is 1.75 bits per heavy atom. The predicted molar refractivity (Wildman–Crippen MR) is 44.1 cm³/mol. The number of nitriles is 1. The molecule has 0 N–H and O–H groups in total. The maximum atomic E-state index is 11.1. The minimum Gasteiger partial charge on any atom is -0.330 e. The molecule has 1 heterocycles. The van der Waals surface area contributed by atoms with Crippen molar-refractivity contribution in [3.05, 3.63) is 0 Å². The second kappa shape index (κ2) is 4.07. The molecule has 1 aliphatic heterocycles. The van der Waals surface area contributed by atoms with Gasteiger partial charge in [0, 0.05) is 13.0 Å². The number of amides is 1. The highest BCUT2D eigenvalue weighted by molar-refractivity contribution is 5.77. The fraction of sp³-hybridized carbons (Fsp3) is 0.750. The van der Waals surface area contributed by atoms with Crippen molar-refractivity contribution < 1.29 is 4.79 Å². The van der Waals surface area contributed by atoms with Crippen LogP contribution in [0.1, 0.15) is 12.8 Å². The molecule has 0 aliphatic carbocycles. The van der Waals surface area contributed by atoms with Gasteiger partial charge in [-0.05, 0) is 13.5 Å². The van der Waals surface area contributed by atoms with Gasteiger partial charge in [0.1, 0.15) is 0 Å². The van der Waals surface area contributed by atoms with Crippen molar-refractivity contribution in [1.29, 1.82) is 5.26 Å². The summed E-state index contributed by atoms with van der Waals surface area (Å²) in [6.45, 7) is 1.81. The Labute approximate surface area is 72.4 Å². The summed E-state index contributed by atoms with van der Waals surface area (Å²) in [5, 5.41) is 8.38. The van der Waals surface area contributed by atoms with Crippen LogP contribution in [0, 0.1) is 11.3 Å². The van der Waals surface area contributed by atoms with E-state index < -0.39 is 0 Å². The smallest absolute Gasteiger partial charge is 0.223 e. The largest absolute Gasteiger partial charge is 0.330 e. The first-order valence-corrected chi connectivity index (χ1v) is 4.07. The van der Waals surface area contributed by atoms with E-state index in [2.05, 4.69) is 0 Å². The molecule has 1 amide bonds. The zero-order valence-corrected chi connectivity index (χ0v) is 7.29. The Morgan fingerprint density at radius 2 is 2.50 bits per heavy atom. The fourth-order valence-corrected chi connectivity index (χ4v) is 1.32. The van der Waals surface area contributed by atoms with Gasteiger partial charge >= 0.3 is 0 Å². The molecule has 0 radical (unpaired) electrons. The highest BCUT2D eigenvalue weighted by Crippen LogP contribution is 2.09. The molecule has 0 bridgehead atoms. The van der Waals surface area contributed by atoms with E-state index in [1.54, 1.807) is 4.90 Å². The monoisotopic (exact) mass is 167 g/mol. The number of carbonyl (C=O) groups is 1. The molecule has 4 heteroatoms. The van der Waals surface area contributed by atoms with Crippen LogP contribution in [0.4, 0.5) is 0 Å². The molecule has 0 aromatic carbocycles. The number of hydrogen-bond acceptors (Lipinski definition) is 3. The van der Waals surface area contributed by atoms with Gasteiger partial charge < -0.3 is 4.90 Å². The normalized spacial score (nSPS) is 17.1. The topological polar surface area (TPSA) is 47.3 Å². The van der Waals surface area contributed by atoms with E-state index in [4.69, 9.17) is 5.26 Å². The summed E-state index contributed by atoms with van der Waals surface area (Å²) in [5.74, 6) is 0.208. The molecule has 12 heavy (non-hydrogen) atoms. The Kier molecular flexibility index (Phi) is 3.06. The van der Waals surface area contributed by atoms with E-state index in [9.17, 15) is 4.79 Å². The number of rotatable bonds is 3. The molecule has 0 aromatic heterocycles. The Hall–Kier alpha value is -1.08. The fourth-order valence-electron chi connectivity index (χ4n) is 1.32. The molecule has 0 atom stereocenters. The molecule has 1 saturated heterocycles. The third-order valence-electron chi connectivity index (χ3n) is 1.92. The van der Waals surface area contributed by atoms with Crippen molar-refractivity contribution >= 4 is 5.91 Å². The van der Waals surface area contributed by atoms with Crippen LogP contribution in [0.5, 0.6) is 0 Å². The molecule has 66 valence electrons. The van der Waals surface area contributed by atoms with E-state index in [-0.39, 0.29) is 5.91 Å². The van der Waals surface area contributed by atoms with Crippen molar-refractivity contribution in [3.8, 4) is 6.07 Å². The number of hydrogen-bond donors (Lipinski definition) is 0. The summed E-state index contributed by atoms with van der Waals surface area (Å²) in [6.07, 6.45) is 1.62. The van der Waals surface area contributed by atoms with Gasteiger partial charge in [-0.15, -0.1) is 0 Å². The van der Waals surface area contributed by atoms with Crippen LogP contribution in [0.2, 0.25) is 0 Å². The molecule has 0 saturated carbocycles. The van der Waals surface area contributed by atoms with Gasteiger partial charge in [0.25, 0.3) is 0 Å². The lowest BCUT2D eigenvalue weighted by Crippen LogP contribution is -2.36. The van der Waals surface area contributed by atoms with Gasteiger partial charge in [0.05, 0.1) is 19.3 Å². The van der Waals surface area contributed by atoms with Crippen LogP contribution in [-0.4, -0.2) is 42.5 Å². The maximum absolute atomic E-state index is 11.1. The number of nitrogens with zero attached hydrogens (tertiary/aromatic N) is 3. The van der Waals surface area contributed by atoms with Gasteiger partial charge in [-0.25, -0.2) is 0 Å². The number of likely N-dealkylation sites (tertiary alicyclic amines) is 1. The zero-order valence-electron chi connectivity index (χ0n) is 7.29. The molecule has 0 spiro atoms. The molecule has 0 unspecified atom stereocenters. The standard InChI is InChI=1S/C8H13N3O/c1-10(6-4-9)7-11-5-2-3-8(11)12/h2-3,5-7H2,1H3. The Morgan fingerprint density at radius 3 is 3.00 bits per heavy atom. The second-order valence-electron chi connectivity index (χ2n) is 3.07. The molecule has 1 aliphatic rings. The summed E-state index contributed by atoms with van der Waals surface area (Å²) < 4.78 is 0. The molecule has 1 rings (SSSR count). The van der Waals surface area contributed by atoms with Gasteiger partial charge in [-0.1, -0.05) is 0 Å². The van der Waals surface area contributed by atoms with Gasteiger partial charge in [0.2, 0.25) is 5.91 Å². The first kappa shape index (κ1) is 9.01. The van der Waals surface area contributed by atoms with Crippen LogP contribution >= 0.6 is 0 Å². The van der Waals surface area contributed by atoms with Crippen LogP contribution in [-0.2, 0) is 4.79 Å². The highest BCUT2D eigenvalue weighted by atomic mass is 16.2. The van der Waals surface area contributed by atoms with E-state index in [1.165, 1.54) is 0 Å². The average Bonchev–Trinajstić information content (AvgIpc) is 2.37. The first-order valence-electron chi connectivity index (χ1n) is 4.07. The molecular formula is C8H13N3O. The van der Waals surface area contributed by atoms with Crippen LogP contribution in [0.15, 0.2) is 0 Å². The third-order valence-corrected chi connectivity index (χ3v) is 1.92. The molecular weight excluding hydrogens is 154 g/mol. The summed E-state index contributed by atoms with van der Waals surface area (Å²) >= 11 is 0. The Bertz CT molecular complexity index is 209. The van der Waals surface area contributed by atoms with Crippen molar-refractivity contribution in [2.24, 2.45) is 0 Å². The van der Waals surface area contributed by atoms with Gasteiger partial charge in [0.15, 0.2) is 0 Å². The lowest BCUT2D eigenvalue weighted by molar-refractivity contribution is -0.129. The van der Waals surface area contributed by atoms with Gasteiger partial charge in [-0.2, -0.15) is 5.26 Å². The predicted octanol–water partition coefficient (Wildman–Crippen LogP) is 0.0217. The van der Waals surface area contributed by atoms with E-state index >= 15 is 0 Å². The van der Waals surface area contributed by atoms with Crippen molar-refractivity contribution in [1.82, 2.24) is 9.80 Å². The van der Waals surface area contributed by atoms with E-state index in [0.717, 1.165) is 13.0 Å². The van der Waals surface area contributed by atoms with E-state index in [1.807, 2.05) is 18.0 Å². The minimum absolute atomic E-state index is 0.208. The summed E-state index contributed by atoms with van der Waals surface area (Å²) in [7, 11) is 1.84. The third kappa shape index (κ3) is 2.21. The van der Waals surface area contributed by atoms with Crippen molar-refractivity contribution in [2.75, 3.05) is 26.8 Å². The Balaban J connectivity index is 2.31. The molecule has 4 nitrogen and oxygen atoms in total. The summed E-state index contributed by atoms with van der Waals surface area (Å²) in [5.41, 5.74) is 0. The quantitative estimate of drug-likeness (QED) is 0.557. The van der Waals surface area contributed by atoms with Crippen molar-refractivity contribution in [2.45, 2.75) is 12.8 Å². The van der Waals surface area contributed by atoms with Crippen LogP contribution in [0.25, 0.3) is 0 Å². The average molecular weight is 167 g/mol. The highest BCUT2D eigenvalue weighted by Gasteiger charge is 2.20. The van der Waals surface area contributed by atoms with Gasteiger partial charge in [-0.3, -0.25) is 9.69 Å². The summed E-state index contributed by atoms with van der Waals surface area (Å²) in [4.78, 5) is 14.8. The lowest BCUT2D eigenvalue weighted by atomic mass is 10.4. The minimum atomic E-state index is 0.208. The van der Waals surface area contributed by atoms with Crippen molar-refractivity contribution in [3.63, 3.8) is 0 Å². The lowest BCUT2D eigenvalue weighted by Gasteiger charge is -2.21. The summed E-state index contributed by atoms with van der Waals surface area (Å²) in [6, 6.07) is 2.04. The SMILES string of the molecule is CN(CC#N)CN1CCCC1=O. The van der Waals surface area contributed by atoms with Crippen LogP contribution < -0.4 is 0 Å².